The van der Waals surface area contributed by atoms with Crippen LogP contribution in [0.15, 0.2) is 18.2 Å². The first kappa shape index (κ1) is 11.7. The molecule has 1 aliphatic heterocycles. The van der Waals surface area contributed by atoms with Crippen LogP contribution in [0.5, 0.6) is 0 Å². The highest BCUT2D eigenvalue weighted by Gasteiger charge is 2.24. The summed E-state index contributed by atoms with van der Waals surface area (Å²) >= 11 is 2.24. The lowest BCUT2D eigenvalue weighted by atomic mass is 10.1. The molecule has 0 aliphatic carbocycles. The van der Waals surface area contributed by atoms with Gasteiger partial charge in [-0.2, -0.15) is 0 Å². The molecule has 0 aromatic heterocycles. The first-order valence-electron chi connectivity index (χ1n) is 5.57. The molecule has 1 unspecified atom stereocenters. The fourth-order valence-corrected chi connectivity index (χ4v) is 2.32. The number of carbonyl (C=O) groups excluding carboxylic acids is 1. The molecule has 1 atom stereocenters. The second-order valence-electron chi connectivity index (χ2n) is 4.02. The van der Waals surface area contributed by atoms with E-state index in [1.54, 1.807) is 0 Å². The second kappa shape index (κ2) is 5.03. The molecule has 0 radical (unpaired) electrons. The number of rotatable bonds is 3. The molecule has 0 saturated heterocycles. The Kier molecular flexibility index (Phi) is 3.68. The number of halogens is 1. The number of amides is 1. The molecule has 0 spiro atoms. The third-order valence-corrected chi connectivity index (χ3v) is 3.40. The van der Waals surface area contributed by atoms with Crippen LogP contribution in [0.4, 0.5) is 11.4 Å². The zero-order valence-corrected chi connectivity index (χ0v) is 11.4. The number of carbonyl (C=O) groups is 1. The van der Waals surface area contributed by atoms with Gasteiger partial charge in [0.2, 0.25) is 5.91 Å². The van der Waals surface area contributed by atoms with E-state index >= 15 is 0 Å². The van der Waals surface area contributed by atoms with E-state index in [-0.39, 0.29) is 11.9 Å². The topological polar surface area (TPSA) is 41.1 Å². The molecule has 1 heterocycles. The Hall–Kier alpha value is -0.780. The zero-order valence-electron chi connectivity index (χ0n) is 9.22. The minimum absolute atomic E-state index is 0.0764. The molecule has 1 aromatic carbocycles. The largest absolute Gasteiger partial charge is 0.372 e. The van der Waals surface area contributed by atoms with E-state index in [0.29, 0.717) is 0 Å². The average Bonchev–Trinajstić information content (AvgIpc) is 2.26. The SMILES string of the molecule is CCCCC1Nc2ccc(I)cc2NC1=O. The van der Waals surface area contributed by atoms with Crippen LogP contribution in [0.2, 0.25) is 0 Å². The van der Waals surface area contributed by atoms with Crippen molar-refractivity contribution in [2.75, 3.05) is 10.6 Å². The monoisotopic (exact) mass is 330 g/mol. The molecule has 4 heteroatoms. The van der Waals surface area contributed by atoms with Gasteiger partial charge in [0.15, 0.2) is 0 Å². The molecule has 1 aromatic rings. The summed E-state index contributed by atoms with van der Waals surface area (Å²) in [6.07, 6.45) is 3.09. The summed E-state index contributed by atoms with van der Waals surface area (Å²) in [6, 6.07) is 5.97. The zero-order chi connectivity index (χ0) is 11.5. The van der Waals surface area contributed by atoms with Crippen LogP contribution < -0.4 is 10.6 Å². The number of anilines is 2. The lowest BCUT2D eigenvalue weighted by Crippen LogP contribution is -2.38. The van der Waals surface area contributed by atoms with Crippen LogP contribution in [0, 0.1) is 3.57 Å². The summed E-state index contributed by atoms with van der Waals surface area (Å²) < 4.78 is 1.13. The third-order valence-electron chi connectivity index (χ3n) is 2.73. The van der Waals surface area contributed by atoms with E-state index < -0.39 is 0 Å². The fourth-order valence-electron chi connectivity index (χ4n) is 1.83. The molecule has 86 valence electrons. The predicted octanol–water partition coefficient (Wildman–Crippen LogP) is 3.21. The molecule has 0 saturated carbocycles. The van der Waals surface area contributed by atoms with Gasteiger partial charge >= 0.3 is 0 Å². The van der Waals surface area contributed by atoms with Gasteiger partial charge in [-0.25, -0.2) is 0 Å². The average molecular weight is 330 g/mol. The van der Waals surface area contributed by atoms with Crippen molar-refractivity contribution >= 4 is 39.9 Å². The van der Waals surface area contributed by atoms with Gasteiger partial charge in [-0.1, -0.05) is 19.8 Å². The lowest BCUT2D eigenvalue weighted by Gasteiger charge is -2.26. The number of hydrogen-bond acceptors (Lipinski definition) is 2. The van der Waals surface area contributed by atoms with Crippen molar-refractivity contribution in [3.05, 3.63) is 21.8 Å². The first-order valence-corrected chi connectivity index (χ1v) is 6.65. The van der Waals surface area contributed by atoms with Crippen molar-refractivity contribution in [3.8, 4) is 0 Å². The lowest BCUT2D eigenvalue weighted by molar-refractivity contribution is -0.117. The van der Waals surface area contributed by atoms with Gasteiger partial charge in [0.1, 0.15) is 6.04 Å². The molecule has 16 heavy (non-hydrogen) atoms. The maximum Gasteiger partial charge on any atom is 0.246 e. The Balaban J connectivity index is 2.15. The summed E-state index contributed by atoms with van der Waals surface area (Å²) in [5, 5.41) is 6.25. The maximum absolute atomic E-state index is 11.8. The van der Waals surface area contributed by atoms with E-state index in [2.05, 4.69) is 40.1 Å². The number of nitrogens with one attached hydrogen (secondary N) is 2. The molecular formula is C12H15IN2O. The number of benzene rings is 1. The Labute approximate surface area is 109 Å². The van der Waals surface area contributed by atoms with E-state index in [0.717, 1.165) is 34.2 Å². The normalized spacial score (nSPS) is 18.6. The Morgan fingerprint density at radius 3 is 2.94 bits per heavy atom. The van der Waals surface area contributed by atoms with Crippen LogP contribution in [0.1, 0.15) is 26.2 Å². The summed E-state index contributed by atoms with van der Waals surface area (Å²) in [5.41, 5.74) is 1.92. The van der Waals surface area contributed by atoms with Crippen molar-refractivity contribution < 1.29 is 4.79 Å². The van der Waals surface area contributed by atoms with Gasteiger partial charge in [0.25, 0.3) is 0 Å². The van der Waals surface area contributed by atoms with Crippen LogP contribution in [0.25, 0.3) is 0 Å². The molecule has 1 aliphatic rings. The molecule has 1 amide bonds. The van der Waals surface area contributed by atoms with Gasteiger partial charge in [-0.05, 0) is 47.2 Å². The Morgan fingerprint density at radius 2 is 2.19 bits per heavy atom. The van der Waals surface area contributed by atoms with Crippen LogP contribution in [-0.2, 0) is 4.79 Å². The van der Waals surface area contributed by atoms with Crippen molar-refractivity contribution in [2.24, 2.45) is 0 Å². The van der Waals surface area contributed by atoms with Crippen molar-refractivity contribution in [3.63, 3.8) is 0 Å². The number of unbranched alkanes of at least 4 members (excludes halogenated alkanes) is 1. The minimum Gasteiger partial charge on any atom is -0.372 e. The van der Waals surface area contributed by atoms with E-state index in [4.69, 9.17) is 0 Å². The van der Waals surface area contributed by atoms with Crippen molar-refractivity contribution in [2.45, 2.75) is 32.2 Å². The molecule has 0 bridgehead atoms. The highest BCUT2D eigenvalue weighted by atomic mass is 127. The third kappa shape index (κ3) is 2.48. The minimum atomic E-state index is -0.0764. The Morgan fingerprint density at radius 1 is 1.38 bits per heavy atom. The summed E-state index contributed by atoms with van der Waals surface area (Å²) in [6.45, 7) is 2.14. The van der Waals surface area contributed by atoms with Crippen LogP contribution >= 0.6 is 22.6 Å². The highest BCUT2D eigenvalue weighted by Crippen LogP contribution is 2.29. The van der Waals surface area contributed by atoms with Gasteiger partial charge in [-0.3, -0.25) is 4.79 Å². The maximum atomic E-state index is 11.8. The number of hydrogen-bond donors (Lipinski definition) is 2. The Bertz CT molecular complexity index is 406. The van der Waals surface area contributed by atoms with Gasteiger partial charge in [0.05, 0.1) is 11.4 Å². The quantitative estimate of drug-likeness (QED) is 0.836. The van der Waals surface area contributed by atoms with Gasteiger partial charge in [-0.15, -0.1) is 0 Å². The van der Waals surface area contributed by atoms with E-state index in [1.165, 1.54) is 0 Å². The second-order valence-corrected chi connectivity index (χ2v) is 5.26. The van der Waals surface area contributed by atoms with Crippen LogP contribution in [0.3, 0.4) is 0 Å². The van der Waals surface area contributed by atoms with Crippen LogP contribution in [-0.4, -0.2) is 11.9 Å². The fraction of sp³-hybridized carbons (Fsp3) is 0.417. The highest BCUT2D eigenvalue weighted by molar-refractivity contribution is 14.1. The number of fused-ring (bicyclic) bond motifs is 1. The first-order chi connectivity index (χ1) is 7.70. The van der Waals surface area contributed by atoms with E-state index in [9.17, 15) is 4.79 Å². The standard InChI is InChI=1S/C12H15IN2O/c1-2-3-4-10-12(16)15-11-7-8(13)5-6-9(11)14-10/h5-7,10,14H,2-4H2,1H3,(H,15,16). The summed E-state index contributed by atoms with van der Waals surface area (Å²) in [5.74, 6) is 0.0861. The van der Waals surface area contributed by atoms with Gasteiger partial charge < -0.3 is 10.6 Å². The molecule has 3 nitrogen and oxygen atoms in total. The van der Waals surface area contributed by atoms with Crippen molar-refractivity contribution in [1.29, 1.82) is 0 Å². The van der Waals surface area contributed by atoms with Crippen molar-refractivity contribution in [1.82, 2.24) is 0 Å². The summed E-state index contributed by atoms with van der Waals surface area (Å²) in [4.78, 5) is 11.8. The molecule has 2 N–H and O–H groups in total. The van der Waals surface area contributed by atoms with Gasteiger partial charge in [0, 0.05) is 3.57 Å². The molecular weight excluding hydrogens is 315 g/mol. The smallest absolute Gasteiger partial charge is 0.246 e. The predicted molar refractivity (Wildman–Crippen MR) is 74.7 cm³/mol. The molecule has 0 fully saturated rings. The van der Waals surface area contributed by atoms with E-state index in [1.807, 2.05) is 18.2 Å². The summed E-state index contributed by atoms with van der Waals surface area (Å²) in [7, 11) is 0. The molecule has 2 rings (SSSR count).